The van der Waals surface area contributed by atoms with Crippen molar-refractivity contribution in [1.29, 1.82) is 0 Å². The molecule has 0 bridgehead atoms. The van der Waals surface area contributed by atoms with Gasteiger partial charge in [0, 0.05) is 5.71 Å². The molecule has 0 atom stereocenters. The summed E-state index contributed by atoms with van der Waals surface area (Å²) in [7, 11) is 0. The summed E-state index contributed by atoms with van der Waals surface area (Å²) >= 11 is 0. The number of hydrogen-bond donors (Lipinski definition) is 0. The Hall–Kier alpha value is -1.89. The van der Waals surface area contributed by atoms with Gasteiger partial charge < -0.3 is 0 Å². The number of aliphatic imine (C=N–C) groups is 1. The number of para-hydroxylation sites is 1. The van der Waals surface area contributed by atoms with E-state index in [-0.39, 0.29) is 0 Å². The minimum absolute atomic E-state index is 1.01. The van der Waals surface area contributed by atoms with Gasteiger partial charge in [-0.1, -0.05) is 35.9 Å². The van der Waals surface area contributed by atoms with Gasteiger partial charge in [0.25, 0.3) is 0 Å². The topological polar surface area (TPSA) is 12.4 Å². The van der Waals surface area contributed by atoms with Crippen molar-refractivity contribution in [1.82, 2.24) is 0 Å². The summed E-state index contributed by atoms with van der Waals surface area (Å²) in [5, 5.41) is 0. The highest BCUT2D eigenvalue weighted by atomic mass is 14.7. The smallest absolute Gasteiger partial charge is 0.0633 e. The van der Waals surface area contributed by atoms with Crippen molar-refractivity contribution in [3.05, 3.63) is 65.2 Å². The van der Waals surface area contributed by atoms with E-state index < -0.39 is 0 Å². The molecule has 1 nitrogen and oxygen atoms in total. The maximum atomic E-state index is 4.65. The van der Waals surface area contributed by atoms with E-state index in [4.69, 9.17) is 0 Å². The van der Waals surface area contributed by atoms with E-state index >= 15 is 0 Å². The van der Waals surface area contributed by atoms with Crippen LogP contribution in [0.3, 0.4) is 0 Å². The Morgan fingerprint density at radius 1 is 0.941 bits per heavy atom. The quantitative estimate of drug-likeness (QED) is 0.667. The zero-order valence-electron chi connectivity index (χ0n) is 10.6. The minimum atomic E-state index is 1.01. The van der Waals surface area contributed by atoms with Gasteiger partial charge in [0.1, 0.15) is 0 Å². The van der Waals surface area contributed by atoms with Crippen LogP contribution in [0.15, 0.2) is 53.5 Å². The summed E-state index contributed by atoms with van der Waals surface area (Å²) < 4.78 is 0. The molecule has 0 aliphatic rings. The summed E-state index contributed by atoms with van der Waals surface area (Å²) in [6.07, 6.45) is 0. The molecule has 0 aromatic heterocycles. The van der Waals surface area contributed by atoms with Crippen LogP contribution in [0.1, 0.15) is 23.6 Å². The largest absolute Gasteiger partial charge is 0.253 e. The number of aryl methyl sites for hydroxylation is 2. The lowest BCUT2D eigenvalue weighted by atomic mass is 10.0. The van der Waals surface area contributed by atoms with Crippen molar-refractivity contribution in [3.63, 3.8) is 0 Å². The Morgan fingerprint density at radius 2 is 1.65 bits per heavy atom. The first-order chi connectivity index (χ1) is 8.16. The molecular formula is C16H17N. The molecule has 1 heteroatoms. The van der Waals surface area contributed by atoms with Crippen molar-refractivity contribution >= 4 is 11.4 Å². The van der Waals surface area contributed by atoms with Gasteiger partial charge in [0.2, 0.25) is 0 Å². The Kier molecular flexibility index (Phi) is 3.38. The summed E-state index contributed by atoms with van der Waals surface area (Å²) in [4.78, 5) is 4.65. The van der Waals surface area contributed by atoms with Crippen molar-refractivity contribution in [2.45, 2.75) is 20.8 Å². The molecule has 0 saturated heterocycles. The molecule has 0 spiro atoms. The lowest BCUT2D eigenvalue weighted by molar-refractivity contribution is 1.35. The van der Waals surface area contributed by atoms with Gasteiger partial charge in [-0.25, -0.2) is 0 Å². The molecule has 17 heavy (non-hydrogen) atoms. The molecule has 2 rings (SSSR count). The number of hydrogen-bond acceptors (Lipinski definition) is 1. The van der Waals surface area contributed by atoms with Crippen molar-refractivity contribution in [2.24, 2.45) is 4.99 Å². The van der Waals surface area contributed by atoms with Crippen molar-refractivity contribution < 1.29 is 0 Å². The Balaban J connectivity index is 2.40. The third kappa shape index (κ3) is 2.82. The molecule has 2 aromatic carbocycles. The monoisotopic (exact) mass is 223 g/mol. The van der Waals surface area contributed by atoms with Crippen LogP contribution >= 0.6 is 0 Å². The van der Waals surface area contributed by atoms with Crippen molar-refractivity contribution in [2.75, 3.05) is 0 Å². The predicted octanol–water partition coefficient (Wildman–Crippen LogP) is 4.44. The lowest BCUT2D eigenvalue weighted by Crippen LogP contribution is -1.98. The van der Waals surface area contributed by atoms with E-state index in [1.54, 1.807) is 0 Å². The number of rotatable bonds is 2. The van der Waals surface area contributed by atoms with Crippen LogP contribution in [0.4, 0.5) is 5.69 Å². The highest BCUT2D eigenvalue weighted by Gasteiger charge is 2.02. The standard InChI is InChI=1S/C16H17N/c1-12-9-10-13(2)16(11-12)14(3)17-15-7-5-4-6-8-15/h4-11H,1-3H3. The van der Waals surface area contributed by atoms with Crippen LogP contribution in [0, 0.1) is 13.8 Å². The first-order valence-corrected chi connectivity index (χ1v) is 5.85. The van der Waals surface area contributed by atoms with Crippen molar-refractivity contribution in [3.8, 4) is 0 Å². The van der Waals surface area contributed by atoms with E-state index in [9.17, 15) is 0 Å². The fourth-order valence-electron chi connectivity index (χ4n) is 1.88. The minimum Gasteiger partial charge on any atom is -0.253 e. The molecule has 2 aromatic rings. The van der Waals surface area contributed by atoms with Crippen LogP contribution in [0.5, 0.6) is 0 Å². The fourth-order valence-corrected chi connectivity index (χ4v) is 1.88. The van der Waals surface area contributed by atoms with Crippen LogP contribution in [-0.2, 0) is 0 Å². The molecule has 0 radical (unpaired) electrons. The molecule has 86 valence electrons. The first-order valence-electron chi connectivity index (χ1n) is 5.85. The average Bonchev–Trinajstić information content (AvgIpc) is 2.33. The normalized spacial score (nSPS) is 11.6. The van der Waals surface area contributed by atoms with Gasteiger partial charge in [-0.05, 0) is 50.1 Å². The molecule has 0 heterocycles. The second kappa shape index (κ2) is 4.96. The van der Waals surface area contributed by atoms with Gasteiger partial charge in [0.05, 0.1) is 5.69 Å². The summed E-state index contributed by atoms with van der Waals surface area (Å²) in [6.45, 7) is 6.30. The van der Waals surface area contributed by atoms with Gasteiger partial charge in [-0.15, -0.1) is 0 Å². The molecule has 0 amide bonds. The molecule has 0 unspecified atom stereocenters. The maximum Gasteiger partial charge on any atom is 0.0633 e. The number of nitrogens with zero attached hydrogens (tertiary/aromatic N) is 1. The van der Waals surface area contributed by atoms with Crippen LogP contribution in [0.2, 0.25) is 0 Å². The van der Waals surface area contributed by atoms with Gasteiger partial charge in [-0.3, -0.25) is 4.99 Å². The van der Waals surface area contributed by atoms with Gasteiger partial charge >= 0.3 is 0 Å². The molecular weight excluding hydrogens is 206 g/mol. The number of benzene rings is 2. The maximum absolute atomic E-state index is 4.65. The molecule has 0 fully saturated rings. The highest BCUT2D eigenvalue weighted by Crippen LogP contribution is 2.16. The Labute approximate surface area is 103 Å². The van der Waals surface area contributed by atoms with Crippen LogP contribution in [-0.4, -0.2) is 5.71 Å². The van der Waals surface area contributed by atoms with Crippen LogP contribution in [0.25, 0.3) is 0 Å². The SMILES string of the molecule is CC(=Nc1ccccc1)c1cc(C)ccc1C. The van der Waals surface area contributed by atoms with E-state index in [1.165, 1.54) is 16.7 Å². The zero-order chi connectivity index (χ0) is 12.3. The molecule has 0 aliphatic heterocycles. The third-order valence-electron chi connectivity index (χ3n) is 2.84. The van der Waals surface area contributed by atoms with E-state index in [1.807, 2.05) is 30.3 Å². The summed E-state index contributed by atoms with van der Waals surface area (Å²) in [5.41, 5.74) is 5.85. The zero-order valence-corrected chi connectivity index (χ0v) is 10.6. The second-order valence-corrected chi connectivity index (χ2v) is 4.35. The lowest BCUT2D eigenvalue weighted by Gasteiger charge is -2.06. The average molecular weight is 223 g/mol. The van der Waals surface area contributed by atoms with Gasteiger partial charge in [-0.2, -0.15) is 0 Å². The summed E-state index contributed by atoms with van der Waals surface area (Å²) in [5.74, 6) is 0. The Bertz CT molecular complexity index is 539. The molecule has 0 N–H and O–H groups in total. The summed E-state index contributed by atoms with van der Waals surface area (Å²) in [6, 6.07) is 16.5. The fraction of sp³-hybridized carbons (Fsp3) is 0.188. The Morgan fingerprint density at radius 3 is 2.35 bits per heavy atom. The highest BCUT2D eigenvalue weighted by molar-refractivity contribution is 6.01. The predicted molar refractivity (Wildman–Crippen MR) is 74.2 cm³/mol. The van der Waals surface area contributed by atoms with E-state index in [0.29, 0.717) is 0 Å². The molecule has 0 saturated carbocycles. The molecule has 0 aliphatic carbocycles. The van der Waals surface area contributed by atoms with E-state index in [2.05, 4.69) is 44.0 Å². The van der Waals surface area contributed by atoms with E-state index in [0.717, 1.165) is 11.4 Å². The van der Waals surface area contributed by atoms with Gasteiger partial charge in [0.15, 0.2) is 0 Å². The third-order valence-corrected chi connectivity index (χ3v) is 2.84. The second-order valence-electron chi connectivity index (χ2n) is 4.35. The van der Waals surface area contributed by atoms with Crippen LogP contribution < -0.4 is 0 Å². The first kappa shape index (κ1) is 11.6.